The number of imide groups is 1. The van der Waals surface area contributed by atoms with Crippen molar-refractivity contribution in [2.24, 2.45) is 0 Å². The van der Waals surface area contributed by atoms with E-state index in [9.17, 15) is 14.4 Å². The fraction of sp³-hybridized carbons (Fsp3) is 0.400. The number of benzene rings is 2. The van der Waals surface area contributed by atoms with Crippen LogP contribution in [0.15, 0.2) is 53.4 Å². The molecule has 0 aromatic heterocycles. The van der Waals surface area contributed by atoms with Gasteiger partial charge < -0.3 is 19.7 Å². The van der Waals surface area contributed by atoms with Gasteiger partial charge in [-0.1, -0.05) is 12.1 Å². The molecule has 0 unspecified atom stereocenters. The zero-order valence-corrected chi connectivity index (χ0v) is 20.7. The second kappa shape index (κ2) is 11.0. The summed E-state index contributed by atoms with van der Waals surface area (Å²) in [5.74, 6) is 1.55. The Morgan fingerprint density at radius 1 is 1.03 bits per heavy atom. The van der Waals surface area contributed by atoms with Gasteiger partial charge in [0.05, 0.1) is 12.7 Å². The Balaban J connectivity index is 1.27. The standard InChI is InChI=1S/C25H30N4O5S/c1-25(23(31)26-24(32)27-25)17-35-21-6-4-3-5-20(21)22(30)29-13-11-28(12-14-29)15-16-34-19-9-7-18(33-2)8-10-19/h3-10H,11-17H2,1-2H3,(H2,26,27,31,32)/t25-/m1/s1. The van der Waals surface area contributed by atoms with E-state index in [0.717, 1.165) is 36.0 Å². The van der Waals surface area contributed by atoms with Crippen LogP contribution in [-0.2, 0) is 4.79 Å². The van der Waals surface area contributed by atoms with Gasteiger partial charge in [0.2, 0.25) is 0 Å². The highest BCUT2D eigenvalue weighted by atomic mass is 32.2. The number of nitrogens with zero attached hydrogens (tertiary/aromatic N) is 2. The number of carbonyl (C=O) groups excluding carboxylic acids is 3. The predicted molar refractivity (Wildman–Crippen MR) is 133 cm³/mol. The van der Waals surface area contributed by atoms with Gasteiger partial charge in [-0.3, -0.25) is 19.8 Å². The average molecular weight is 499 g/mol. The van der Waals surface area contributed by atoms with Crippen molar-refractivity contribution in [3.63, 3.8) is 0 Å². The Bertz CT molecular complexity index is 1070. The molecule has 1 atom stereocenters. The van der Waals surface area contributed by atoms with Gasteiger partial charge in [-0.25, -0.2) is 4.79 Å². The number of nitrogens with one attached hydrogen (secondary N) is 2. The third-order valence-corrected chi connectivity index (χ3v) is 7.54. The Morgan fingerprint density at radius 3 is 2.37 bits per heavy atom. The lowest BCUT2D eigenvalue weighted by molar-refractivity contribution is -0.122. The smallest absolute Gasteiger partial charge is 0.322 e. The zero-order valence-electron chi connectivity index (χ0n) is 19.9. The average Bonchev–Trinajstić information content (AvgIpc) is 3.14. The number of amides is 4. The number of thioether (sulfide) groups is 1. The van der Waals surface area contributed by atoms with Crippen molar-refractivity contribution in [1.82, 2.24) is 20.4 Å². The highest BCUT2D eigenvalue weighted by Gasteiger charge is 2.42. The summed E-state index contributed by atoms with van der Waals surface area (Å²) >= 11 is 1.40. The van der Waals surface area contributed by atoms with Crippen molar-refractivity contribution in [2.75, 3.05) is 52.2 Å². The third kappa shape index (κ3) is 6.07. The molecular formula is C25H30N4O5S. The maximum Gasteiger partial charge on any atom is 0.322 e. The summed E-state index contributed by atoms with van der Waals surface area (Å²) in [5.41, 5.74) is -0.389. The number of ether oxygens (including phenoxy) is 2. The van der Waals surface area contributed by atoms with Gasteiger partial charge in [-0.2, -0.15) is 0 Å². The molecule has 10 heteroatoms. The van der Waals surface area contributed by atoms with Crippen LogP contribution >= 0.6 is 11.8 Å². The number of hydrogen-bond donors (Lipinski definition) is 2. The molecule has 2 fully saturated rings. The first-order chi connectivity index (χ1) is 16.9. The molecule has 2 aromatic carbocycles. The van der Waals surface area contributed by atoms with Crippen molar-refractivity contribution in [1.29, 1.82) is 0 Å². The van der Waals surface area contributed by atoms with Crippen LogP contribution in [0.3, 0.4) is 0 Å². The molecule has 4 rings (SSSR count). The van der Waals surface area contributed by atoms with E-state index >= 15 is 0 Å². The molecule has 0 radical (unpaired) electrons. The molecule has 0 aliphatic carbocycles. The molecular weight excluding hydrogens is 468 g/mol. The fourth-order valence-corrected chi connectivity index (χ4v) is 5.12. The molecule has 0 spiro atoms. The van der Waals surface area contributed by atoms with Crippen molar-refractivity contribution in [3.8, 4) is 11.5 Å². The van der Waals surface area contributed by atoms with Crippen molar-refractivity contribution in [2.45, 2.75) is 17.4 Å². The molecule has 2 saturated heterocycles. The summed E-state index contributed by atoms with van der Waals surface area (Å²) in [6.07, 6.45) is 0. The zero-order chi connectivity index (χ0) is 24.8. The maximum absolute atomic E-state index is 13.3. The molecule has 186 valence electrons. The molecule has 0 saturated carbocycles. The van der Waals surface area contributed by atoms with Crippen LogP contribution in [0.1, 0.15) is 17.3 Å². The summed E-state index contributed by atoms with van der Waals surface area (Å²) in [5, 5.41) is 4.93. The number of carbonyl (C=O) groups is 3. The van der Waals surface area contributed by atoms with Gasteiger partial charge in [0.1, 0.15) is 23.6 Å². The van der Waals surface area contributed by atoms with E-state index in [-0.39, 0.29) is 11.8 Å². The Morgan fingerprint density at radius 2 is 1.71 bits per heavy atom. The van der Waals surface area contributed by atoms with Crippen LogP contribution in [0.25, 0.3) is 0 Å². The van der Waals surface area contributed by atoms with Crippen molar-refractivity contribution in [3.05, 3.63) is 54.1 Å². The second-order valence-electron chi connectivity index (χ2n) is 8.68. The van der Waals surface area contributed by atoms with E-state index in [4.69, 9.17) is 9.47 Å². The molecule has 2 aromatic rings. The third-order valence-electron chi connectivity index (χ3n) is 6.15. The van der Waals surface area contributed by atoms with Crippen LogP contribution in [0, 0.1) is 0 Å². The van der Waals surface area contributed by atoms with Gasteiger partial charge >= 0.3 is 6.03 Å². The predicted octanol–water partition coefficient (Wildman–Crippen LogP) is 2.22. The van der Waals surface area contributed by atoms with Gasteiger partial charge in [0, 0.05) is 43.4 Å². The van der Waals surface area contributed by atoms with Crippen molar-refractivity contribution >= 4 is 29.6 Å². The molecule has 4 amide bonds. The van der Waals surface area contributed by atoms with E-state index in [1.165, 1.54) is 11.8 Å². The largest absolute Gasteiger partial charge is 0.497 e. The molecule has 2 aliphatic heterocycles. The number of hydrogen-bond acceptors (Lipinski definition) is 7. The molecule has 9 nitrogen and oxygen atoms in total. The molecule has 2 heterocycles. The summed E-state index contributed by atoms with van der Waals surface area (Å²) < 4.78 is 11.0. The van der Waals surface area contributed by atoms with Crippen LogP contribution < -0.4 is 20.1 Å². The molecule has 35 heavy (non-hydrogen) atoms. The van der Waals surface area contributed by atoms with E-state index in [1.54, 1.807) is 14.0 Å². The first-order valence-electron chi connectivity index (χ1n) is 11.5. The van der Waals surface area contributed by atoms with Crippen LogP contribution in [0.5, 0.6) is 11.5 Å². The molecule has 0 bridgehead atoms. The lowest BCUT2D eigenvalue weighted by Gasteiger charge is -2.35. The number of piperazine rings is 1. The lowest BCUT2D eigenvalue weighted by atomic mass is 10.1. The topological polar surface area (TPSA) is 100 Å². The quantitative estimate of drug-likeness (QED) is 0.404. The summed E-state index contributed by atoms with van der Waals surface area (Å²) in [6, 6.07) is 14.4. The van der Waals surface area contributed by atoms with Crippen LogP contribution in [0.2, 0.25) is 0 Å². The first kappa shape index (κ1) is 24.9. The highest BCUT2D eigenvalue weighted by molar-refractivity contribution is 7.99. The van der Waals surface area contributed by atoms with Gasteiger partial charge in [-0.05, 0) is 43.3 Å². The van der Waals surface area contributed by atoms with Crippen molar-refractivity contribution < 1.29 is 23.9 Å². The summed E-state index contributed by atoms with van der Waals surface area (Å²) in [4.78, 5) is 41.9. The lowest BCUT2D eigenvalue weighted by Crippen LogP contribution is -2.49. The fourth-order valence-electron chi connectivity index (χ4n) is 3.98. The van der Waals surface area contributed by atoms with E-state index in [0.29, 0.717) is 31.0 Å². The van der Waals surface area contributed by atoms with Crippen LogP contribution in [0.4, 0.5) is 4.79 Å². The maximum atomic E-state index is 13.3. The molecule has 2 N–H and O–H groups in total. The van der Waals surface area contributed by atoms with Crippen LogP contribution in [-0.4, -0.2) is 85.4 Å². The summed E-state index contributed by atoms with van der Waals surface area (Å²) in [7, 11) is 1.63. The Kier molecular flexibility index (Phi) is 7.82. The second-order valence-corrected chi connectivity index (χ2v) is 9.70. The SMILES string of the molecule is COc1ccc(OCCN2CCN(C(=O)c3ccccc3SC[C@@]3(C)NC(=O)NC3=O)CC2)cc1. The normalized spacial score (nSPS) is 20.3. The number of urea groups is 1. The number of methoxy groups -OCH3 is 1. The Hall–Kier alpha value is -3.24. The van der Waals surface area contributed by atoms with E-state index < -0.39 is 11.6 Å². The van der Waals surface area contributed by atoms with Gasteiger partial charge in [-0.15, -0.1) is 11.8 Å². The first-order valence-corrected chi connectivity index (χ1v) is 12.5. The highest BCUT2D eigenvalue weighted by Crippen LogP contribution is 2.28. The van der Waals surface area contributed by atoms with Gasteiger partial charge in [0.15, 0.2) is 0 Å². The minimum absolute atomic E-state index is 0.0210. The Labute approximate surface area is 209 Å². The molecule has 2 aliphatic rings. The van der Waals surface area contributed by atoms with E-state index in [2.05, 4.69) is 15.5 Å². The minimum Gasteiger partial charge on any atom is -0.497 e. The monoisotopic (exact) mass is 498 g/mol. The van der Waals surface area contributed by atoms with Gasteiger partial charge in [0.25, 0.3) is 11.8 Å². The van der Waals surface area contributed by atoms with E-state index in [1.807, 2.05) is 53.4 Å². The summed E-state index contributed by atoms with van der Waals surface area (Å²) in [6.45, 7) is 5.86. The number of rotatable bonds is 9. The minimum atomic E-state index is -1.00.